The molecule has 4 aromatic rings. The lowest BCUT2D eigenvalue weighted by Crippen LogP contribution is -2.23. The number of carbonyl (C=O) groups is 2. The Balaban J connectivity index is 1.59. The zero-order chi connectivity index (χ0) is 22.7. The number of aromatic nitrogens is 2. The number of nitrogens with zero attached hydrogens (tertiary/aromatic N) is 2. The third-order valence-corrected chi connectivity index (χ3v) is 6.49. The van der Waals surface area contributed by atoms with Gasteiger partial charge in [-0.25, -0.2) is 4.98 Å². The number of benzene rings is 1. The van der Waals surface area contributed by atoms with Crippen LogP contribution in [0.3, 0.4) is 0 Å². The monoisotopic (exact) mass is 465 g/mol. The van der Waals surface area contributed by atoms with E-state index in [4.69, 9.17) is 4.42 Å². The summed E-state index contributed by atoms with van der Waals surface area (Å²) in [4.78, 5) is 42.5. The van der Waals surface area contributed by atoms with Crippen LogP contribution >= 0.6 is 23.1 Å². The topological polar surface area (TPSA) is 94.2 Å². The molecular weight excluding hydrogens is 446 g/mol. The zero-order valence-corrected chi connectivity index (χ0v) is 18.8. The first kappa shape index (κ1) is 21.8. The second-order valence-electron chi connectivity index (χ2n) is 6.88. The van der Waals surface area contributed by atoms with E-state index in [1.54, 1.807) is 48.7 Å². The maximum absolute atomic E-state index is 13.2. The van der Waals surface area contributed by atoms with E-state index in [-0.39, 0.29) is 29.5 Å². The third-order valence-electron chi connectivity index (χ3n) is 4.64. The van der Waals surface area contributed by atoms with Crippen molar-refractivity contribution >= 4 is 50.7 Å². The number of nitrogens with one attached hydrogen (secondary N) is 1. The molecule has 0 spiro atoms. The summed E-state index contributed by atoms with van der Waals surface area (Å²) >= 11 is 2.52. The van der Waals surface area contributed by atoms with Crippen molar-refractivity contribution in [2.45, 2.75) is 18.6 Å². The Morgan fingerprint density at radius 1 is 1.31 bits per heavy atom. The predicted molar refractivity (Wildman–Crippen MR) is 128 cm³/mol. The van der Waals surface area contributed by atoms with E-state index in [1.165, 1.54) is 34.6 Å². The Morgan fingerprint density at radius 2 is 2.16 bits per heavy atom. The quantitative estimate of drug-likeness (QED) is 0.173. The summed E-state index contributed by atoms with van der Waals surface area (Å²) in [6.07, 6.45) is 3.18. The molecule has 0 saturated carbocycles. The first-order valence-electron chi connectivity index (χ1n) is 9.68. The Morgan fingerprint density at radius 3 is 2.88 bits per heavy atom. The predicted octanol–water partition coefficient (Wildman–Crippen LogP) is 4.84. The normalized spacial score (nSPS) is 10.9. The van der Waals surface area contributed by atoms with Gasteiger partial charge >= 0.3 is 0 Å². The van der Waals surface area contributed by atoms with Gasteiger partial charge in [0.2, 0.25) is 5.91 Å². The van der Waals surface area contributed by atoms with Gasteiger partial charge in [0, 0.05) is 28.7 Å². The fourth-order valence-corrected chi connectivity index (χ4v) is 4.94. The van der Waals surface area contributed by atoms with Gasteiger partial charge in [0.25, 0.3) is 5.56 Å². The molecule has 0 aliphatic heterocycles. The Kier molecular flexibility index (Phi) is 6.38. The highest BCUT2D eigenvalue weighted by molar-refractivity contribution is 7.99. The van der Waals surface area contributed by atoms with E-state index < -0.39 is 0 Å². The van der Waals surface area contributed by atoms with Gasteiger partial charge in [0.15, 0.2) is 10.9 Å². The number of hydrogen-bond acceptors (Lipinski definition) is 7. The van der Waals surface area contributed by atoms with E-state index in [0.717, 1.165) is 0 Å². The molecule has 0 atom stereocenters. The molecule has 0 bridgehead atoms. The molecule has 0 fully saturated rings. The fraction of sp³-hybridized carbons (Fsp3) is 0.130. The first-order chi connectivity index (χ1) is 15.5. The molecule has 32 heavy (non-hydrogen) atoms. The van der Waals surface area contributed by atoms with Crippen molar-refractivity contribution in [2.75, 3.05) is 11.1 Å². The number of furan rings is 1. The van der Waals surface area contributed by atoms with Crippen molar-refractivity contribution in [3.8, 4) is 11.3 Å². The molecule has 9 heteroatoms. The van der Waals surface area contributed by atoms with Gasteiger partial charge in [0.05, 0.1) is 17.4 Å². The molecule has 0 saturated heterocycles. The second-order valence-corrected chi connectivity index (χ2v) is 8.68. The molecule has 3 heterocycles. The van der Waals surface area contributed by atoms with Gasteiger partial charge in [-0.15, -0.1) is 17.9 Å². The molecule has 0 unspecified atom stereocenters. The molecule has 1 N–H and O–H groups in total. The minimum absolute atomic E-state index is 0.0514. The van der Waals surface area contributed by atoms with Crippen molar-refractivity contribution in [2.24, 2.45) is 0 Å². The Bertz CT molecular complexity index is 1370. The van der Waals surface area contributed by atoms with Crippen molar-refractivity contribution < 1.29 is 14.0 Å². The third kappa shape index (κ3) is 4.44. The number of fused-ring (bicyclic) bond motifs is 1. The van der Waals surface area contributed by atoms with Crippen molar-refractivity contribution in [1.29, 1.82) is 0 Å². The minimum Gasteiger partial charge on any atom is -0.464 e. The van der Waals surface area contributed by atoms with Gasteiger partial charge in [-0.1, -0.05) is 30.0 Å². The number of amides is 1. The first-order valence-corrected chi connectivity index (χ1v) is 11.5. The average Bonchev–Trinajstić information content (AvgIpc) is 3.44. The number of Topliss-reactive ketones (excluding diaryl/α,β-unsaturated/α-hetero) is 1. The van der Waals surface area contributed by atoms with E-state index in [9.17, 15) is 14.4 Å². The number of thiophene rings is 1. The maximum atomic E-state index is 13.2. The molecule has 3 aromatic heterocycles. The molecule has 4 rings (SSSR count). The number of hydrogen-bond donors (Lipinski definition) is 1. The number of ketones is 1. The van der Waals surface area contributed by atoms with Crippen LogP contribution in [0.1, 0.15) is 17.3 Å². The number of thioether (sulfide) groups is 1. The maximum Gasteiger partial charge on any atom is 0.263 e. The largest absolute Gasteiger partial charge is 0.464 e. The molecular formula is C23H19N3O4S2. The van der Waals surface area contributed by atoms with Crippen LogP contribution in [0.5, 0.6) is 0 Å². The van der Waals surface area contributed by atoms with Crippen molar-refractivity contribution in [3.05, 3.63) is 76.6 Å². The van der Waals surface area contributed by atoms with Gasteiger partial charge in [-0.05, 0) is 31.2 Å². The molecule has 1 aromatic carbocycles. The lowest BCUT2D eigenvalue weighted by atomic mass is 10.1. The summed E-state index contributed by atoms with van der Waals surface area (Å²) in [5, 5.41) is 5.54. The summed E-state index contributed by atoms with van der Waals surface area (Å²) in [5.74, 6) is 0.312. The van der Waals surface area contributed by atoms with Crippen LogP contribution in [0.15, 0.2) is 75.1 Å². The van der Waals surface area contributed by atoms with Crippen LogP contribution in [0.2, 0.25) is 0 Å². The number of rotatable bonds is 8. The fourth-order valence-electron chi connectivity index (χ4n) is 3.16. The van der Waals surface area contributed by atoms with E-state index in [0.29, 0.717) is 37.9 Å². The van der Waals surface area contributed by atoms with E-state index in [2.05, 4.69) is 16.9 Å². The Labute approximate surface area is 191 Å². The molecule has 0 radical (unpaired) electrons. The van der Waals surface area contributed by atoms with Crippen molar-refractivity contribution in [1.82, 2.24) is 9.55 Å². The van der Waals surface area contributed by atoms with E-state index >= 15 is 0 Å². The second kappa shape index (κ2) is 9.37. The number of allylic oxidation sites excluding steroid dienone is 1. The zero-order valence-electron chi connectivity index (χ0n) is 17.2. The minimum atomic E-state index is -0.266. The van der Waals surface area contributed by atoms with Crippen molar-refractivity contribution in [3.63, 3.8) is 0 Å². The molecule has 0 aliphatic carbocycles. The van der Waals surface area contributed by atoms with Crippen LogP contribution in [-0.4, -0.2) is 27.0 Å². The molecule has 1 amide bonds. The van der Waals surface area contributed by atoms with E-state index in [1.807, 2.05) is 5.38 Å². The average molecular weight is 466 g/mol. The highest BCUT2D eigenvalue weighted by Crippen LogP contribution is 2.32. The lowest BCUT2D eigenvalue weighted by Gasteiger charge is -2.11. The van der Waals surface area contributed by atoms with Crippen LogP contribution in [0, 0.1) is 0 Å². The standard InChI is InChI=1S/C23H19N3O4S2/c1-3-9-26-22(29)20-17(18-8-5-10-30-18)12-31-21(20)25-23(26)32-13-19(28)24-16-7-4-6-15(11-16)14(2)27/h3-8,10-12H,1,9,13H2,2H3,(H,24,28). The summed E-state index contributed by atoms with van der Waals surface area (Å²) in [6.45, 7) is 5.47. The lowest BCUT2D eigenvalue weighted by molar-refractivity contribution is -0.113. The van der Waals surface area contributed by atoms with Gasteiger partial charge in [-0.3, -0.25) is 19.0 Å². The van der Waals surface area contributed by atoms with Gasteiger partial charge in [-0.2, -0.15) is 0 Å². The SMILES string of the molecule is C=CCn1c(SCC(=O)Nc2cccc(C(C)=O)c2)nc2scc(-c3ccco3)c2c1=O. The van der Waals surface area contributed by atoms with Crippen LogP contribution < -0.4 is 10.9 Å². The molecule has 0 aliphatic rings. The Hall–Kier alpha value is -3.43. The van der Waals surface area contributed by atoms with Crippen LogP contribution in [-0.2, 0) is 11.3 Å². The van der Waals surface area contributed by atoms with Gasteiger partial charge < -0.3 is 9.73 Å². The summed E-state index contributed by atoms with van der Waals surface area (Å²) in [7, 11) is 0. The molecule has 7 nitrogen and oxygen atoms in total. The van der Waals surface area contributed by atoms with Gasteiger partial charge in [0.1, 0.15) is 10.6 Å². The number of anilines is 1. The van der Waals surface area contributed by atoms with Crippen LogP contribution in [0.25, 0.3) is 21.5 Å². The highest BCUT2D eigenvalue weighted by atomic mass is 32.2. The molecule has 162 valence electrons. The summed E-state index contributed by atoms with van der Waals surface area (Å²) in [5.41, 5.74) is 1.55. The number of carbonyl (C=O) groups excluding carboxylic acids is 2. The summed E-state index contributed by atoms with van der Waals surface area (Å²) < 4.78 is 6.96. The van der Waals surface area contributed by atoms with Crippen LogP contribution in [0.4, 0.5) is 5.69 Å². The smallest absolute Gasteiger partial charge is 0.263 e. The summed E-state index contributed by atoms with van der Waals surface area (Å²) in [6, 6.07) is 10.3. The highest BCUT2D eigenvalue weighted by Gasteiger charge is 2.19.